The van der Waals surface area contributed by atoms with E-state index in [4.69, 9.17) is 21.1 Å². The maximum absolute atomic E-state index is 12.5. The minimum absolute atomic E-state index is 0.338. The first-order valence-electron chi connectivity index (χ1n) is 8.43. The Morgan fingerprint density at radius 2 is 1.79 bits per heavy atom. The van der Waals surface area contributed by atoms with Gasteiger partial charge in [-0.1, -0.05) is 48.0 Å². The van der Waals surface area contributed by atoms with Gasteiger partial charge in [-0.3, -0.25) is 0 Å². The van der Waals surface area contributed by atoms with Crippen LogP contribution in [0.1, 0.15) is 21.5 Å². The molecule has 0 bridgehead atoms. The normalized spacial score (nSPS) is 10.8. The minimum Gasteiger partial charge on any atom is -0.496 e. The third-order valence-electron chi connectivity index (χ3n) is 3.98. The number of hydrogen-bond donors (Lipinski definition) is 0. The van der Waals surface area contributed by atoms with E-state index in [0.717, 1.165) is 11.1 Å². The molecule has 28 heavy (non-hydrogen) atoms. The van der Waals surface area contributed by atoms with E-state index in [1.807, 2.05) is 6.07 Å². The molecule has 0 aliphatic carbocycles. The first-order valence-corrected chi connectivity index (χ1v) is 8.81. The number of carbonyl (C=O) groups excluding carboxylic acids is 1. The fourth-order valence-electron chi connectivity index (χ4n) is 2.62. The number of halogens is 1. The monoisotopic (exact) mass is 389 g/mol. The third-order valence-corrected chi connectivity index (χ3v) is 4.23. The second-order valence-electron chi connectivity index (χ2n) is 5.84. The van der Waals surface area contributed by atoms with Crippen molar-refractivity contribution in [2.24, 2.45) is 0 Å². The predicted octanol–water partition coefficient (Wildman–Crippen LogP) is 5.63. The van der Waals surface area contributed by atoms with Crippen LogP contribution in [0.4, 0.5) is 0 Å². The van der Waals surface area contributed by atoms with Crippen molar-refractivity contribution in [3.8, 4) is 17.6 Å². The lowest BCUT2D eigenvalue weighted by molar-refractivity contribution is 0.0731. The van der Waals surface area contributed by atoms with Crippen LogP contribution in [-0.4, -0.2) is 13.1 Å². The van der Waals surface area contributed by atoms with Crippen LogP contribution in [0.2, 0.25) is 5.02 Å². The number of nitrogens with zero attached hydrogens (tertiary/aromatic N) is 1. The molecule has 3 aromatic rings. The summed E-state index contributed by atoms with van der Waals surface area (Å²) in [7, 11) is 1.50. The van der Waals surface area contributed by atoms with Crippen molar-refractivity contribution in [3.05, 3.63) is 94.5 Å². The van der Waals surface area contributed by atoms with Gasteiger partial charge in [-0.25, -0.2) is 4.79 Å². The standard InChI is InChI=1S/C23H16ClNO3/c1-27-22-8-3-2-7-21(22)23(26)28-20-6-4-5-16(14-20)13-18(15-25)17-9-11-19(24)12-10-17/h2-14H,1H3/b18-13-. The Hall–Kier alpha value is -3.55. The number of nitriles is 1. The molecular weight excluding hydrogens is 374 g/mol. The fourth-order valence-corrected chi connectivity index (χ4v) is 2.75. The molecule has 0 aliphatic heterocycles. The molecule has 138 valence electrons. The van der Waals surface area contributed by atoms with Crippen molar-refractivity contribution >= 4 is 29.2 Å². The topological polar surface area (TPSA) is 59.3 Å². The third kappa shape index (κ3) is 4.59. The van der Waals surface area contributed by atoms with Crippen molar-refractivity contribution in [1.29, 1.82) is 5.26 Å². The highest BCUT2D eigenvalue weighted by Gasteiger charge is 2.14. The predicted molar refractivity (Wildman–Crippen MR) is 109 cm³/mol. The molecule has 0 aromatic heterocycles. The van der Waals surface area contributed by atoms with Crippen molar-refractivity contribution < 1.29 is 14.3 Å². The first-order chi connectivity index (χ1) is 13.6. The maximum Gasteiger partial charge on any atom is 0.347 e. The minimum atomic E-state index is -0.517. The molecule has 0 unspecified atom stereocenters. The van der Waals surface area contributed by atoms with Gasteiger partial charge in [0.1, 0.15) is 17.1 Å². The smallest absolute Gasteiger partial charge is 0.347 e. The van der Waals surface area contributed by atoms with Gasteiger partial charge in [0.15, 0.2) is 0 Å². The second-order valence-corrected chi connectivity index (χ2v) is 6.28. The molecule has 0 N–H and O–H groups in total. The number of allylic oxidation sites excluding steroid dienone is 1. The number of benzene rings is 3. The summed E-state index contributed by atoms with van der Waals surface area (Å²) in [4.78, 5) is 12.5. The van der Waals surface area contributed by atoms with Gasteiger partial charge in [0.25, 0.3) is 0 Å². The molecule has 0 heterocycles. The fraction of sp³-hybridized carbons (Fsp3) is 0.0435. The highest BCUT2D eigenvalue weighted by atomic mass is 35.5. The van der Waals surface area contributed by atoms with Crippen LogP contribution in [0.5, 0.6) is 11.5 Å². The van der Waals surface area contributed by atoms with Gasteiger partial charge in [-0.2, -0.15) is 5.26 Å². The number of hydrogen-bond acceptors (Lipinski definition) is 4. The Morgan fingerprint density at radius 3 is 2.50 bits per heavy atom. The van der Waals surface area contributed by atoms with Crippen LogP contribution in [-0.2, 0) is 0 Å². The molecule has 0 saturated heterocycles. The summed E-state index contributed by atoms with van der Waals surface area (Å²) in [5, 5.41) is 10.1. The van der Waals surface area contributed by atoms with Crippen molar-refractivity contribution in [2.45, 2.75) is 0 Å². The average molecular weight is 390 g/mol. The van der Waals surface area contributed by atoms with Gasteiger partial charge in [0.05, 0.1) is 18.8 Å². The second kappa shape index (κ2) is 8.90. The zero-order valence-corrected chi connectivity index (χ0v) is 15.8. The average Bonchev–Trinajstić information content (AvgIpc) is 2.73. The number of carbonyl (C=O) groups is 1. The quantitative estimate of drug-likeness (QED) is 0.245. The molecule has 0 fully saturated rings. The first kappa shape index (κ1) is 19.2. The highest BCUT2D eigenvalue weighted by molar-refractivity contribution is 6.30. The largest absolute Gasteiger partial charge is 0.496 e. The van der Waals surface area contributed by atoms with Gasteiger partial charge in [0, 0.05) is 5.02 Å². The van der Waals surface area contributed by atoms with E-state index in [1.54, 1.807) is 72.8 Å². The zero-order valence-electron chi connectivity index (χ0n) is 15.1. The van der Waals surface area contributed by atoms with E-state index >= 15 is 0 Å². The molecule has 3 aromatic carbocycles. The highest BCUT2D eigenvalue weighted by Crippen LogP contribution is 2.24. The van der Waals surface area contributed by atoms with E-state index in [9.17, 15) is 10.1 Å². The van der Waals surface area contributed by atoms with Crippen LogP contribution < -0.4 is 9.47 Å². The molecule has 0 aliphatic rings. The molecule has 0 amide bonds. The molecule has 0 spiro atoms. The Labute approximate surface area is 168 Å². The van der Waals surface area contributed by atoms with Crippen LogP contribution in [0, 0.1) is 11.3 Å². The molecule has 0 radical (unpaired) electrons. The van der Waals surface area contributed by atoms with E-state index in [-0.39, 0.29) is 0 Å². The summed E-state index contributed by atoms with van der Waals surface area (Å²) in [6.45, 7) is 0. The molecule has 0 saturated carbocycles. The van der Waals surface area contributed by atoms with Gasteiger partial charge in [-0.05, 0) is 53.6 Å². The summed E-state index contributed by atoms with van der Waals surface area (Å²) in [5.41, 5.74) is 2.30. The summed E-state index contributed by atoms with van der Waals surface area (Å²) in [6, 6.07) is 23.0. The van der Waals surface area contributed by atoms with Crippen molar-refractivity contribution in [3.63, 3.8) is 0 Å². The number of para-hydroxylation sites is 1. The summed E-state index contributed by atoms with van der Waals surface area (Å²) >= 11 is 5.90. The maximum atomic E-state index is 12.5. The number of methoxy groups -OCH3 is 1. The molecule has 5 heteroatoms. The Kier molecular flexibility index (Phi) is 6.11. The lowest BCUT2D eigenvalue weighted by Gasteiger charge is -2.09. The van der Waals surface area contributed by atoms with E-state index in [1.165, 1.54) is 7.11 Å². The van der Waals surface area contributed by atoms with E-state index in [2.05, 4.69) is 6.07 Å². The summed E-state index contributed by atoms with van der Waals surface area (Å²) < 4.78 is 10.7. The number of ether oxygens (including phenoxy) is 2. The van der Waals surface area contributed by atoms with E-state index < -0.39 is 5.97 Å². The van der Waals surface area contributed by atoms with Crippen LogP contribution in [0.25, 0.3) is 11.6 Å². The summed E-state index contributed by atoms with van der Waals surface area (Å²) in [5.74, 6) is 0.299. The molecule has 4 nitrogen and oxygen atoms in total. The van der Waals surface area contributed by atoms with Crippen molar-refractivity contribution in [2.75, 3.05) is 7.11 Å². The van der Waals surface area contributed by atoms with Gasteiger partial charge in [-0.15, -0.1) is 0 Å². The summed E-state index contributed by atoms with van der Waals surface area (Å²) in [6.07, 6.45) is 1.73. The van der Waals surface area contributed by atoms with Gasteiger partial charge in [0.2, 0.25) is 0 Å². The Bertz CT molecular complexity index is 1070. The number of rotatable bonds is 5. The van der Waals surface area contributed by atoms with Crippen LogP contribution in [0.15, 0.2) is 72.8 Å². The lowest BCUT2D eigenvalue weighted by atomic mass is 10.0. The Morgan fingerprint density at radius 1 is 1.04 bits per heavy atom. The van der Waals surface area contributed by atoms with Crippen LogP contribution >= 0.6 is 11.6 Å². The van der Waals surface area contributed by atoms with Gasteiger partial charge < -0.3 is 9.47 Å². The lowest BCUT2D eigenvalue weighted by Crippen LogP contribution is -2.10. The molecule has 3 rings (SSSR count). The van der Waals surface area contributed by atoms with Crippen molar-refractivity contribution in [1.82, 2.24) is 0 Å². The molecule has 0 atom stereocenters. The molecular formula is C23H16ClNO3. The SMILES string of the molecule is COc1ccccc1C(=O)Oc1cccc(/C=C(/C#N)c2ccc(Cl)cc2)c1. The zero-order chi connectivity index (χ0) is 19.9. The Balaban J connectivity index is 1.85. The van der Waals surface area contributed by atoms with Crippen LogP contribution in [0.3, 0.4) is 0 Å². The van der Waals surface area contributed by atoms with Gasteiger partial charge >= 0.3 is 5.97 Å². The number of esters is 1. The van der Waals surface area contributed by atoms with E-state index in [0.29, 0.717) is 27.7 Å².